The van der Waals surface area contributed by atoms with Crippen LogP contribution in [0.4, 0.5) is 17.6 Å². The largest absolute Gasteiger partial charge is 0.419 e. The molecule has 0 saturated carbocycles. The number of carbonyl (C=O) groups is 2. The molecule has 0 bridgehead atoms. The first-order valence-electron chi connectivity index (χ1n) is 7.68. The number of hydrogen-bond acceptors (Lipinski definition) is 3. The maximum absolute atomic E-state index is 13.3. The highest BCUT2D eigenvalue weighted by Gasteiger charge is 2.35. The molecular weight excluding hydrogens is 342 g/mol. The molecule has 1 saturated heterocycles. The van der Waals surface area contributed by atoms with Crippen LogP contribution < -0.4 is 0 Å². The van der Waals surface area contributed by atoms with Crippen molar-refractivity contribution < 1.29 is 27.2 Å². The molecule has 1 fully saturated rings. The van der Waals surface area contributed by atoms with Gasteiger partial charge in [-0.25, -0.2) is 4.39 Å². The lowest BCUT2D eigenvalue weighted by Gasteiger charge is -2.35. The average molecular weight is 361 g/mol. The first-order chi connectivity index (χ1) is 11.6. The number of benzene rings is 1. The van der Waals surface area contributed by atoms with Crippen LogP contribution in [0.2, 0.25) is 0 Å². The highest BCUT2D eigenvalue weighted by molar-refractivity contribution is 5.94. The molecule has 0 aromatic heterocycles. The minimum absolute atomic E-state index is 0.0711. The Kier molecular flexibility index (Phi) is 5.66. The molecule has 2 amide bonds. The third kappa shape index (κ3) is 4.68. The fraction of sp³-hybridized carbons (Fsp3) is 0.500. The molecule has 1 heterocycles. The molecule has 0 aliphatic carbocycles. The van der Waals surface area contributed by atoms with E-state index in [0.717, 1.165) is 6.07 Å². The van der Waals surface area contributed by atoms with Crippen LogP contribution in [0.15, 0.2) is 18.2 Å². The third-order valence-electron chi connectivity index (χ3n) is 3.89. The van der Waals surface area contributed by atoms with E-state index in [2.05, 4.69) is 0 Å². The van der Waals surface area contributed by atoms with E-state index in [1.807, 2.05) is 0 Å². The van der Waals surface area contributed by atoms with Crippen LogP contribution in [0.25, 0.3) is 0 Å². The quantitative estimate of drug-likeness (QED) is 0.770. The van der Waals surface area contributed by atoms with Gasteiger partial charge in [0.1, 0.15) is 5.82 Å². The molecule has 25 heavy (non-hydrogen) atoms. The Labute approximate surface area is 142 Å². The van der Waals surface area contributed by atoms with Gasteiger partial charge in [-0.1, -0.05) is 0 Å². The second kappa shape index (κ2) is 7.38. The molecule has 2 rings (SSSR count). The van der Waals surface area contributed by atoms with Crippen molar-refractivity contribution in [1.29, 1.82) is 0 Å². The van der Waals surface area contributed by atoms with Gasteiger partial charge in [-0.15, -0.1) is 0 Å². The van der Waals surface area contributed by atoms with Crippen molar-refractivity contribution in [1.82, 2.24) is 14.7 Å². The molecule has 138 valence electrons. The molecule has 9 heteroatoms. The number of piperazine rings is 1. The molecule has 0 atom stereocenters. The Balaban J connectivity index is 2.05. The summed E-state index contributed by atoms with van der Waals surface area (Å²) >= 11 is 0. The first-order valence-corrected chi connectivity index (χ1v) is 7.68. The number of hydrogen-bond donors (Lipinski definition) is 0. The van der Waals surface area contributed by atoms with Crippen LogP contribution in [-0.4, -0.2) is 73.3 Å². The van der Waals surface area contributed by atoms with Gasteiger partial charge in [0.15, 0.2) is 0 Å². The Morgan fingerprint density at radius 1 is 1.08 bits per heavy atom. The zero-order valence-corrected chi connectivity index (χ0v) is 13.9. The van der Waals surface area contributed by atoms with Gasteiger partial charge >= 0.3 is 6.18 Å². The van der Waals surface area contributed by atoms with Crippen LogP contribution in [-0.2, 0) is 11.0 Å². The van der Waals surface area contributed by atoms with Crippen molar-refractivity contribution in [3.63, 3.8) is 0 Å². The molecule has 1 aliphatic rings. The summed E-state index contributed by atoms with van der Waals surface area (Å²) in [6.45, 7) is 1.31. The highest BCUT2D eigenvalue weighted by atomic mass is 19.4. The number of amides is 2. The Morgan fingerprint density at radius 3 is 2.16 bits per heavy atom. The Bertz CT molecular complexity index is 653. The summed E-state index contributed by atoms with van der Waals surface area (Å²) in [7, 11) is 3.54. The highest BCUT2D eigenvalue weighted by Crippen LogP contribution is 2.32. The number of halogens is 4. The number of nitrogens with zero attached hydrogens (tertiary/aromatic N) is 3. The van der Waals surface area contributed by atoms with Crippen molar-refractivity contribution in [2.75, 3.05) is 46.8 Å². The van der Waals surface area contributed by atoms with Gasteiger partial charge in [-0.05, 0) is 32.3 Å². The van der Waals surface area contributed by atoms with E-state index in [-0.39, 0.29) is 31.1 Å². The van der Waals surface area contributed by atoms with Gasteiger partial charge in [0, 0.05) is 31.7 Å². The lowest BCUT2D eigenvalue weighted by atomic mass is 10.1. The Morgan fingerprint density at radius 2 is 1.64 bits per heavy atom. The van der Waals surface area contributed by atoms with Crippen molar-refractivity contribution >= 4 is 11.8 Å². The van der Waals surface area contributed by atoms with Gasteiger partial charge < -0.3 is 14.7 Å². The Hall–Kier alpha value is -2.16. The molecule has 5 nitrogen and oxygen atoms in total. The first kappa shape index (κ1) is 19.2. The van der Waals surface area contributed by atoms with Gasteiger partial charge in [0.2, 0.25) is 5.91 Å². The van der Waals surface area contributed by atoms with E-state index < -0.39 is 23.5 Å². The number of likely N-dealkylation sites (N-methyl/N-ethyl adjacent to an activating group) is 1. The maximum Gasteiger partial charge on any atom is 0.419 e. The summed E-state index contributed by atoms with van der Waals surface area (Å²) in [6, 6.07) is 2.21. The number of rotatable bonds is 3. The topological polar surface area (TPSA) is 43.9 Å². The smallest absolute Gasteiger partial charge is 0.338 e. The molecule has 0 unspecified atom stereocenters. The molecule has 1 aromatic carbocycles. The van der Waals surface area contributed by atoms with Gasteiger partial charge in [0.05, 0.1) is 12.1 Å². The van der Waals surface area contributed by atoms with Gasteiger partial charge in [0.25, 0.3) is 5.91 Å². The monoisotopic (exact) mass is 361 g/mol. The van der Waals surface area contributed by atoms with Crippen LogP contribution in [0.3, 0.4) is 0 Å². The van der Waals surface area contributed by atoms with Crippen LogP contribution in [0.1, 0.15) is 15.9 Å². The second-order valence-electron chi connectivity index (χ2n) is 6.10. The number of carbonyl (C=O) groups excluding carboxylic acids is 2. The summed E-state index contributed by atoms with van der Waals surface area (Å²) in [6.07, 6.45) is -4.86. The molecular formula is C16H19F4N3O2. The van der Waals surface area contributed by atoms with Crippen molar-refractivity contribution in [2.45, 2.75) is 6.18 Å². The van der Waals surface area contributed by atoms with E-state index in [1.54, 1.807) is 23.9 Å². The zero-order valence-electron chi connectivity index (χ0n) is 13.9. The number of alkyl halides is 3. The van der Waals surface area contributed by atoms with E-state index in [9.17, 15) is 27.2 Å². The van der Waals surface area contributed by atoms with E-state index >= 15 is 0 Å². The molecule has 0 spiro atoms. The maximum atomic E-state index is 13.3. The molecule has 1 aliphatic heterocycles. The normalized spacial score (nSPS) is 15.6. The molecule has 1 aromatic rings. The second-order valence-corrected chi connectivity index (χ2v) is 6.10. The predicted octanol–water partition coefficient (Wildman–Crippen LogP) is 1.69. The average Bonchev–Trinajstić information content (AvgIpc) is 2.53. The summed E-state index contributed by atoms with van der Waals surface area (Å²) in [5, 5.41) is 0. The van der Waals surface area contributed by atoms with Crippen LogP contribution >= 0.6 is 0 Å². The van der Waals surface area contributed by atoms with Crippen LogP contribution in [0, 0.1) is 5.82 Å². The van der Waals surface area contributed by atoms with Crippen molar-refractivity contribution in [2.24, 2.45) is 0 Å². The summed E-state index contributed by atoms with van der Waals surface area (Å²) in [5.41, 5.74) is -1.68. The predicted molar refractivity (Wildman–Crippen MR) is 82.4 cm³/mol. The zero-order chi connectivity index (χ0) is 18.8. The fourth-order valence-corrected chi connectivity index (χ4v) is 2.59. The van der Waals surface area contributed by atoms with E-state index in [1.165, 1.54) is 4.90 Å². The standard InChI is InChI=1S/C16H19F4N3O2/c1-21(2)10-14(24)22-5-7-23(8-6-22)15(25)11-3-4-13(17)12(9-11)16(18,19)20/h3-4,9H,5-8,10H2,1-2H3. The summed E-state index contributed by atoms with van der Waals surface area (Å²) < 4.78 is 51.6. The molecule has 0 radical (unpaired) electrons. The van der Waals surface area contributed by atoms with Crippen LogP contribution in [0.5, 0.6) is 0 Å². The van der Waals surface area contributed by atoms with Crippen molar-refractivity contribution in [3.8, 4) is 0 Å². The summed E-state index contributed by atoms with van der Waals surface area (Å²) in [4.78, 5) is 29.0. The van der Waals surface area contributed by atoms with E-state index in [4.69, 9.17) is 0 Å². The van der Waals surface area contributed by atoms with E-state index in [0.29, 0.717) is 25.2 Å². The minimum Gasteiger partial charge on any atom is -0.338 e. The van der Waals surface area contributed by atoms with Gasteiger partial charge in [-0.2, -0.15) is 13.2 Å². The SMILES string of the molecule is CN(C)CC(=O)N1CCN(C(=O)c2ccc(F)c(C(F)(F)F)c2)CC1. The lowest BCUT2D eigenvalue weighted by molar-refractivity contribution is -0.140. The lowest BCUT2D eigenvalue weighted by Crippen LogP contribution is -2.52. The molecule has 0 N–H and O–H groups in total. The van der Waals surface area contributed by atoms with Gasteiger partial charge in [-0.3, -0.25) is 9.59 Å². The summed E-state index contributed by atoms with van der Waals surface area (Å²) in [5.74, 6) is -2.09. The van der Waals surface area contributed by atoms with Crippen molar-refractivity contribution in [3.05, 3.63) is 35.1 Å². The third-order valence-corrected chi connectivity index (χ3v) is 3.89. The fourth-order valence-electron chi connectivity index (χ4n) is 2.59. The minimum atomic E-state index is -4.86.